The fourth-order valence-electron chi connectivity index (χ4n) is 3.04. The molecule has 0 unspecified atom stereocenters. The maximum absolute atomic E-state index is 10.8. The molecule has 0 spiro atoms. The maximum Gasteiger partial charge on any atom is 0.303 e. The SMILES string of the molecule is CCCCCC(=O)O.NC(=O)c1cc(CO)nc(CO)c1.NC(=O)c1cc(CO)nc(CO)c1.NC(=O)c1ccccc1. The Kier molecular flexibility index (Phi) is 19.5. The van der Waals surface area contributed by atoms with Gasteiger partial charge in [-0.3, -0.25) is 29.1 Å². The Morgan fingerprint density at radius 1 is 0.605 bits per heavy atom. The number of nitrogens with two attached hydrogens (primary N) is 3. The molecule has 2 heterocycles. The minimum atomic E-state index is -0.682. The zero-order valence-electron chi connectivity index (χ0n) is 23.8. The van der Waals surface area contributed by atoms with Crippen LogP contribution < -0.4 is 17.2 Å². The van der Waals surface area contributed by atoms with E-state index >= 15 is 0 Å². The molecule has 0 saturated heterocycles. The number of unbranched alkanes of at least 4 members (excludes halogenated alkanes) is 2. The number of hydrogen-bond donors (Lipinski definition) is 8. The van der Waals surface area contributed by atoms with E-state index in [1.807, 2.05) is 6.07 Å². The first-order valence-corrected chi connectivity index (χ1v) is 13.0. The standard InChI is InChI=1S/2C8H10N2O3.C7H7NO.C6H12O2/c2*9-8(13)5-1-6(3-11)10-7(2-5)4-12;8-7(9)6-4-2-1-3-5-6;1-2-3-4-5-6(7)8/h2*1-2,11-12H,3-4H2,(H2,9,13);1-5H,(H2,8,9);2-5H2,1H3,(H,7,8). The summed E-state index contributed by atoms with van der Waals surface area (Å²) in [5.74, 6) is -2.27. The zero-order valence-corrected chi connectivity index (χ0v) is 23.8. The number of carboxylic acid groups (broad SMARTS) is 1. The third kappa shape index (κ3) is 16.9. The van der Waals surface area contributed by atoms with E-state index in [1.54, 1.807) is 24.3 Å². The minimum absolute atomic E-state index is 0.239. The van der Waals surface area contributed by atoms with Crippen molar-refractivity contribution < 1.29 is 44.7 Å². The minimum Gasteiger partial charge on any atom is -0.481 e. The van der Waals surface area contributed by atoms with Gasteiger partial charge in [-0.15, -0.1) is 0 Å². The maximum atomic E-state index is 10.8. The molecule has 3 amide bonds. The molecule has 2 aromatic heterocycles. The number of nitrogens with zero attached hydrogens (tertiary/aromatic N) is 2. The number of aliphatic carboxylic acids is 1. The lowest BCUT2D eigenvalue weighted by Crippen LogP contribution is -2.13. The van der Waals surface area contributed by atoms with E-state index < -0.39 is 17.8 Å². The van der Waals surface area contributed by atoms with E-state index in [1.165, 1.54) is 24.3 Å². The molecule has 0 saturated carbocycles. The first-order valence-electron chi connectivity index (χ1n) is 13.0. The van der Waals surface area contributed by atoms with Gasteiger partial charge in [0.15, 0.2) is 0 Å². The Balaban J connectivity index is 0.000000559. The average molecular weight is 602 g/mol. The topological polar surface area (TPSA) is 273 Å². The monoisotopic (exact) mass is 601 g/mol. The van der Waals surface area contributed by atoms with Crippen LogP contribution in [0.2, 0.25) is 0 Å². The van der Waals surface area contributed by atoms with Gasteiger partial charge in [-0.05, 0) is 42.8 Å². The molecule has 0 bridgehead atoms. The molecule has 3 rings (SSSR count). The van der Waals surface area contributed by atoms with Crippen LogP contribution in [0.4, 0.5) is 0 Å². The Morgan fingerprint density at radius 3 is 1.19 bits per heavy atom. The number of carbonyl (C=O) groups excluding carboxylic acids is 3. The molecule has 0 fully saturated rings. The van der Waals surface area contributed by atoms with Gasteiger partial charge in [-0.1, -0.05) is 38.0 Å². The lowest BCUT2D eigenvalue weighted by molar-refractivity contribution is -0.137. The van der Waals surface area contributed by atoms with Gasteiger partial charge in [-0.25, -0.2) is 0 Å². The van der Waals surface area contributed by atoms with Crippen LogP contribution in [0, 0.1) is 0 Å². The van der Waals surface area contributed by atoms with E-state index in [2.05, 4.69) is 16.9 Å². The number of pyridine rings is 2. The molecule has 3 aromatic rings. The number of carbonyl (C=O) groups is 4. The summed E-state index contributed by atoms with van der Waals surface area (Å²) in [5, 5.41) is 43.2. The van der Waals surface area contributed by atoms with Crippen molar-refractivity contribution >= 4 is 23.7 Å². The number of carboxylic acids is 1. The van der Waals surface area contributed by atoms with Crippen molar-refractivity contribution in [3.8, 4) is 0 Å². The van der Waals surface area contributed by atoms with E-state index in [0.717, 1.165) is 19.3 Å². The molecule has 14 nitrogen and oxygen atoms in total. The summed E-state index contributed by atoms with van der Waals surface area (Å²) in [6.07, 6.45) is 3.28. The highest BCUT2D eigenvalue weighted by molar-refractivity contribution is 5.93. The van der Waals surface area contributed by atoms with Crippen LogP contribution in [0.25, 0.3) is 0 Å². The molecule has 0 atom stereocenters. The van der Waals surface area contributed by atoms with Crippen molar-refractivity contribution in [1.29, 1.82) is 0 Å². The van der Waals surface area contributed by atoms with Crippen LogP contribution in [0.15, 0.2) is 54.6 Å². The predicted octanol–water partition coefficient (Wildman–Crippen LogP) is 0.767. The van der Waals surface area contributed by atoms with Crippen LogP contribution in [-0.4, -0.2) is 59.2 Å². The van der Waals surface area contributed by atoms with E-state index in [4.69, 9.17) is 42.7 Å². The lowest BCUT2D eigenvalue weighted by atomic mass is 10.2. The molecular formula is C29H39N5O9. The summed E-state index contributed by atoms with van der Waals surface area (Å²) in [5.41, 5.74) is 17.3. The van der Waals surface area contributed by atoms with Gasteiger partial charge in [0.2, 0.25) is 17.7 Å². The normalized spacial score (nSPS) is 9.60. The number of aliphatic hydroxyl groups excluding tert-OH is 4. The van der Waals surface area contributed by atoms with Gasteiger partial charge in [-0.2, -0.15) is 0 Å². The number of aromatic nitrogens is 2. The predicted molar refractivity (Wildman–Crippen MR) is 156 cm³/mol. The highest BCUT2D eigenvalue weighted by atomic mass is 16.4. The van der Waals surface area contributed by atoms with Crippen molar-refractivity contribution in [3.05, 3.63) is 94.1 Å². The summed E-state index contributed by atoms with van der Waals surface area (Å²) in [7, 11) is 0. The molecule has 43 heavy (non-hydrogen) atoms. The summed E-state index contributed by atoms with van der Waals surface area (Å²) < 4.78 is 0. The van der Waals surface area contributed by atoms with Crippen LogP contribution in [0.5, 0.6) is 0 Å². The summed E-state index contributed by atoms with van der Waals surface area (Å²) >= 11 is 0. The number of aliphatic hydroxyl groups is 4. The second-order valence-corrected chi connectivity index (χ2v) is 8.62. The third-order valence-corrected chi connectivity index (χ3v) is 5.13. The van der Waals surface area contributed by atoms with Crippen molar-refractivity contribution in [3.63, 3.8) is 0 Å². The average Bonchev–Trinajstić information content (AvgIpc) is 3.01. The van der Waals surface area contributed by atoms with Crippen LogP contribution in [-0.2, 0) is 31.2 Å². The van der Waals surface area contributed by atoms with E-state index in [0.29, 0.717) is 34.8 Å². The molecule has 11 N–H and O–H groups in total. The molecule has 0 aliphatic heterocycles. The summed E-state index contributed by atoms with van der Waals surface area (Å²) in [4.78, 5) is 49.5. The highest BCUT2D eigenvalue weighted by Crippen LogP contribution is 2.07. The molecule has 0 radical (unpaired) electrons. The highest BCUT2D eigenvalue weighted by Gasteiger charge is 2.06. The van der Waals surface area contributed by atoms with Crippen LogP contribution in [0.1, 0.15) is 86.5 Å². The Morgan fingerprint density at radius 2 is 0.953 bits per heavy atom. The van der Waals surface area contributed by atoms with Crippen molar-refractivity contribution in [2.24, 2.45) is 17.2 Å². The van der Waals surface area contributed by atoms with Crippen molar-refractivity contribution in [2.45, 2.75) is 59.0 Å². The first kappa shape index (κ1) is 38.2. The smallest absolute Gasteiger partial charge is 0.303 e. The number of benzene rings is 1. The number of hydrogen-bond acceptors (Lipinski definition) is 10. The summed E-state index contributed by atoms with van der Waals surface area (Å²) in [6, 6.07) is 14.3. The fourth-order valence-corrected chi connectivity index (χ4v) is 3.04. The Bertz CT molecular complexity index is 1190. The Labute approximate surface area is 248 Å². The van der Waals surface area contributed by atoms with Gasteiger partial charge in [0.1, 0.15) is 0 Å². The first-order chi connectivity index (χ1) is 20.4. The number of primary amides is 3. The van der Waals surface area contributed by atoms with Gasteiger partial charge in [0.05, 0.1) is 49.2 Å². The zero-order chi connectivity index (χ0) is 32.8. The number of amides is 3. The fraction of sp³-hybridized carbons (Fsp3) is 0.310. The van der Waals surface area contributed by atoms with Crippen LogP contribution >= 0.6 is 0 Å². The second kappa shape index (κ2) is 21.9. The quantitative estimate of drug-likeness (QED) is 0.142. The second-order valence-electron chi connectivity index (χ2n) is 8.62. The van der Waals surface area contributed by atoms with Crippen molar-refractivity contribution in [2.75, 3.05) is 0 Å². The Hall–Kier alpha value is -4.76. The molecular weight excluding hydrogens is 562 g/mol. The molecule has 234 valence electrons. The van der Waals surface area contributed by atoms with Crippen LogP contribution in [0.3, 0.4) is 0 Å². The van der Waals surface area contributed by atoms with Crippen molar-refractivity contribution in [1.82, 2.24) is 9.97 Å². The molecule has 14 heteroatoms. The third-order valence-electron chi connectivity index (χ3n) is 5.13. The molecule has 0 aliphatic rings. The van der Waals surface area contributed by atoms with Gasteiger partial charge < -0.3 is 42.7 Å². The van der Waals surface area contributed by atoms with E-state index in [-0.39, 0.29) is 43.5 Å². The lowest BCUT2D eigenvalue weighted by Gasteiger charge is -2.02. The molecule has 0 aliphatic carbocycles. The molecule has 1 aromatic carbocycles. The van der Waals surface area contributed by atoms with E-state index in [9.17, 15) is 19.2 Å². The number of rotatable bonds is 11. The van der Waals surface area contributed by atoms with Gasteiger partial charge in [0, 0.05) is 23.1 Å². The largest absolute Gasteiger partial charge is 0.481 e. The van der Waals surface area contributed by atoms with Gasteiger partial charge >= 0.3 is 5.97 Å². The summed E-state index contributed by atoms with van der Waals surface area (Å²) in [6.45, 7) is 0.923. The van der Waals surface area contributed by atoms with Gasteiger partial charge in [0.25, 0.3) is 0 Å².